The highest BCUT2D eigenvalue weighted by molar-refractivity contribution is 7.13. The second-order valence-corrected chi connectivity index (χ2v) is 7.79. The monoisotopic (exact) mass is 419 g/mol. The maximum Gasteiger partial charge on any atom is 0.259 e. The van der Waals surface area contributed by atoms with Crippen molar-refractivity contribution in [2.24, 2.45) is 0 Å². The zero-order chi connectivity index (χ0) is 20.9. The lowest BCUT2D eigenvalue weighted by Crippen LogP contribution is -2.12. The molecule has 3 aromatic heterocycles. The third-order valence-corrected chi connectivity index (χ3v) is 5.06. The zero-order valence-corrected chi connectivity index (χ0v) is 17.4. The summed E-state index contributed by atoms with van der Waals surface area (Å²) in [6.07, 6.45) is 3.58. The maximum absolute atomic E-state index is 12.2. The van der Waals surface area contributed by atoms with Crippen molar-refractivity contribution < 1.29 is 4.79 Å². The van der Waals surface area contributed by atoms with Crippen molar-refractivity contribution in [1.82, 2.24) is 25.0 Å². The van der Waals surface area contributed by atoms with Crippen LogP contribution in [0.25, 0.3) is 5.69 Å². The Kier molecular flexibility index (Phi) is 5.80. The molecule has 1 amide bonds. The van der Waals surface area contributed by atoms with Crippen LogP contribution in [0.5, 0.6) is 0 Å². The lowest BCUT2D eigenvalue weighted by molar-refractivity contribution is 0.102. The van der Waals surface area contributed by atoms with Gasteiger partial charge in [-0.15, -0.1) is 10.2 Å². The van der Waals surface area contributed by atoms with Crippen LogP contribution in [0.15, 0.2) is 60.4 Å². The van der Waals surface area contributed by atoms with Gasteiger partial charge in [0.05, 0.1) is 16.9 Å². The van der Waals surface area contributed by atoms with Crippen molar-refractivity contribution in [2.45, 2.75) is 26.3 Å². The summed E-state index contributed by atoms with van der Waals surface area (Å²) in [5.41, 5.74) is 5.19. The number of pyridine rings is 1. The Bertz CT molecular complexity index is 1110. The van der Waals surface area contributed by atoms with E-state index in [4.69, 9.17) is 5.10 Å². The molecule has 0 saturated heterocycles. The van der Waals surface area contributed by atoms with Gasteiger partial charge in [0.25, 0.3) is 5.91 Å². The molecule has 4 aromatic rings. The Morgan fingerprint density at radius 1 is 1.17 bits per heavy atom. The largest absolute Gasteiger partial charge is 0.366 e. The molecule has 0 bridgehead atoms. The Morgan fingerprint density at radius 3 is 2.67 bits per heavy atom. The van der Waals surface area contributed by atoms with Crippen LogP contribution in [-0.2, 0) is 6.54 Å². The van der Waals surface area contributed by atoms with Crippen molar-refractivity contribution in [2.75, 3.05) is 10.6 Å². The lowest BCUT2D eigenvalue weighted by atomic mass is 10.1. The van der Waals surface area contributed by atoms with Crippen molar-refractivity contribution in [3.8, 4) is 5.69 Å². The summed E-state index contributed by atoms with van der Waals surface area (Å²) in [5.74, 6) is 0.716. The first-order chi connectivity index (χ1) is 14.6. The van der Waals surface area contributed by atoms with Gasteiger partial charge in [-0.3, -0.25) is 10.1 Å². The fourth-order valence-electron chi connectivity index (χ4n) is 2.97. The minimum atomic E-state index is -0.267. The van der Waals surface area contributed by atoms with E-state index < -0.39 is 0 Å². The minimum Gasteiger partial charge on any atom is -0.366 e. The number of para-hydroxylation sites is 1. The molecule has 0 aliphatic heterocycles. The second kappa shape index (κ2) is 8.83. The summed E-state index contributed by atoms with van der Waals surface area (Å²) in [7, 11) is 0. The van der Waals surface area contributed by atoms with Gasteiger partial charge in [-0.05, 0) is 30.2 Å². The van der Waals surface area contributed by atoms with Gasteiger partial charge >= 0.3 is 0 Å². The number of rotatable bonds is 7. The van der Waals surface area contributed by atoms with E-state index >= 15 is 0 Å². The molecule has 0 aliphatic carbocycles. The number of carbonyl (C=O) groups is 1. The van der Waals surface area contributed by atoms with Crippen LogP contribution in [0.4, 0.5) is 10.9 Å². The van der Waals surface area contributed by atoms with Crippen molar-refractivity contribution in [3.63, 3.8) is 0 Å². The number of benzene rings is 1. The highest BCUT2D eigenvalue weighted by Crippen LogP contribution is 2.21. The number of hydrogen-bond donors (Lipinski definition) is 2. The fraction of sp³-hybridized carbons (Fsp3) is 0.190. The quantitative estimate of drug-likeness (QED) is 0.468. The minimum absolute atomic E-state index is 0.267. The second-order valence-electron chi connectivity index (χ2n) is 6.96. The van der Waals surface area contributed by atoms with E-state index in [2.05, 4.69) is 39.7 Å². The zero-order valence-electron chi connectivity index (χ0n) is 16.6. The fourth-order valence-corrected chi connectivity index (χ4v) is 3.41. The molecule has 0 atom stereocenters. The Balaban J connectivity index is 1.44. The summed E-state index contributed by atoms with van der Waals surface area (Å²) >= 11 is 1.26. The van der Waals surface area contributed by atoms with Gasteiger partial charge in [-0.25, -0.2) is 9.67 Å². The van der Waals surface area contributed by atoms with Crippen molar-refractivity contribution >= 4 is 28.2 Å². The van der Waals surface area contributed by atoms with Gasteiger partial charge in [0.1, 0.15) is 11.3 Å². The van der Waals surface area contributed by atoms with E-state index in [-0.39, 0.29) is 5.91 Å². The number of anilines is 2. The first-order valence-electron chi connectivity index (χ1n) is 9.51. The predicted molar refractivity (Wildman–Crippen MR) is 117 cm³/mol. The van der Waals surface area contributed by atoms with Crippen LogP contribution in [-0.4, -0.2) is 30.9 Å². The summed E-state index contributed by atoms with van der Waals surface area (Å²) in [4.78, 5) is 16.6. The summed E-state index contributed by atoms with van der Waals surface area (Å²) in [6.45, 7) is 4.85. The number of aromatic nitrogens is 5. The van der Waals surface area contributed by atoms with Gasteiger partial charge in [-0.2, -0.15) is 5.10 Å². The highest BCUT2D eigenvalue weighted by Gasteiger charge is 2.14. The molecule has 1 aromatic carbocycles. The number of nitrogens with one attached hydrogen (secondary N) is 2. The molecule has 0 spiro atoms. The van der Waals surface area contributed by atoms with Gasteiger partial charge in [0.2, 0.25) is 5.13 Å². The number of hydrogen-bond acceptors (Lipinski definition) is 7. The standard InChI is InChI=1S/C21H21N7OS/c1-14(2)19-16(12-28(27-19)17-6-4-3-5-7-17)11-23-18-9-8-15(10-22-18)20(29)25-21-26-24-13-30-21/h3-10,12-14H,11H2,1-2H3,(H,22,23)(H,25,26,29). The summed E-state index contributed by atoms with van der Waals surface area (Å²) in [6, 6.07) is 13.5. The molecule has 4 rings (SSSR count). The first-order valence-corrected chi connectivity index (χ1v) is 10.4. The molecular formula is C21H21N7OS. The maximum atomic E-state index is 12.2. The smallest absolute Gasteiger partial charge is 0.259 e. The summed E-state index contributed by atoms with van der Waals surface area (Å²) in [5, 5.41) is 18.7. The van der Waals surface area contributed by atoms with Crippen LogP contribution in [0, 0.1) is 0 Å². The van der Waals surface area contributed by atoms with Crippen molar-refractivity contribution in [3.05, 3.63) is 77.2 Å². The highest BCUT2D eigenvalue weighted by atomic mass is 32.1. The molecule has 0 unspecified atom stereocenters. The molecule has 0 fully saturated rings. The van der Waals surface area contributed by atoms with Crippen LogP contribution < -0.4 is 10.6 Å². The van der Waals surface area contributed by atoms with E-state index in [1.54, 1.807) is 17.6 Å². The number of nitrogens with zero attached hydrogens (tertiary/aromatic N) is 5. The average Bonchev–Trinajstić information content (AvgIpc) is 3.43. The first kappa shape index (κ1) is 19.7. The third kappa shape index (κ3) is 4.52. The van der Waals surface area contributed by atoms with E-state index in [1.165, 1.54) is 17.5 Å². The van der Waals surface area contributed by atoms with E-state index in [0.717, 1.165) is 16.9 Å². The topological polar surface area (TPSA) is 97.6 Å². The van der Waals surface area contributed by atoms with Crippen LogP contribution in [0.2, 0.25) is 0 Å². The van der Waals surface area contributed by atoms with Gasteiger partial charge in [0.15, 0.2) is 0 Å². The Labute approximate surface area is 178 Å². The van der Waals surface area contributed by atoms with Crippen molar-refractivity contribution in [1.29, 1.82) is 0 Å². The van der Waals surface area contributed by atoms with Crippen LogP contribution in [0.1, 0.15) is 41.4 Å². The SMILES string of the molecule is CC(C)c1nn(-c2ccccc2)cc1CNc1ccc(C(=O)Nc2nncs2)cn1. The molecule has 0 aliphatic rings. The Morgan fingerprint density at radius 2 is 2.00 bits per heavy atom. The van der Waals surface area contributed by atoms with Gasteiger partial charge in [-0.1, -0.05) is 43.4 Å². The van der Waals surface area contributed by atoms with Gasteiger partial charge < -0.3 is 5.32 Å². The molecule has 8 nitrogen and oxygen atoms in total. The number of carbonyl (C=O) groups excluding carboxylic acids is 1. The summed E-state index contributed by atoms with van der Waals surface area (Å²) < 4.78 is 1.90. The number of amides is 1. The Hall–Kier alpha value is -3.59. The average molecular weight is 420 g/mol. The third-order valence-electron chi connectivity index (χ3n) is 4.46. The van der Waals surface area contributed by atoms with Crippen LogP contribution in [0.3, 0.4) is 0 Å². The van der Waals surface area contributed by atoms with E-state index in [0.29, 0.717) is 29.0 Å². The molecule has 0 saturated carbocycles. The molecule has 2 N–H and O–H groups in total. The molecule has 152 valence electrons. The van der Waals surface area contributed by atoms with E-state index in [9.17, 15) is 4.79 Å². The van der Waals surface area contributed by atoms with E-state index in [1.807, 2.05) is 41.2 Å². The molecule has 9 heteroatoms. The molecular weight excluding hydrogens is 398 g/mol. The molecule has 30 heavy (non-hydrogen) atoms. The predicted octanol–water partition coefficient (Wildman–Crippen LogP) is 4.11. The molecule has 3 heterocycles. The normalized spacial score (nSPS) is 10.9. The van der Waals surface area contributed by atoms with Crippen LogP contribution >= 0.6 is 11.3 Å². The molecule has 0 radical (unpaired) electrons. The van der Waals surface area contributed by atoms with Gasteiger partial charge in [0, 0.05) is 24.5 Å². The lowest BCUT2D eigenvalue weighted by Gasteiger charge is -2.08.